The van der Waals surface area contributed by atoms with Crippen molar-refractivity contribution < 1.29 is 9.26 Å². The van der Waals surface area contributed by atoms with Crippen LogP contribution in [0.5, 0.6) is 0 Å². The summed E-state index contributed by atoms with van der Waals surface area (Å²) in [5.74, 6) is 2.76. The molecule has 6 heteroatoms. The van der Waals surface area contributed by atoms with Crippen molar-refractivity contribution in [1.82, 2.24) is 15.1 Å². The second-order valence-corrected chi connectivity index (χ2v) is 6.46. The summed E-state index contributed by atoms with van der Waals surface area (Å²) in [6.07, 6.45) is 5.16. The van der Waals surface area contributed by atoms with E-state index in [1.165, 1.54) is 0 Å². The van der Waals surface area contributed by atoms with E-state index in [2.05, 4.69) is 33.9 Å². The van der Waals surface area contributed by atoms with Gasteiger partial charge in [-0.3, -0.25) is 0 Å². The van der Waals surface area contributed by atoms with E-state index in [1.54, 1.807) is 13.3 Å². The highest BCUT2D eigenvalue weighted by Crippen LogP contribution is 2.23. The zero-order chi connectivity index (χ0) is 16.2. The van der Waals surface area contributed by atoms with Gasteiger partial charge in [-0.1, -0.05) is 19.0 Å². The van der Waals surface area contributed by atoms with Crippen LogP contribution in [0.15, 0.2) is 22.9 Å². The third-order valence-corrected chi connectivity index (χ3v) is 4.09. The van der Waals surface area contributed by atoms with Crippen LogP contribution >= 0.6 is 0 Å². The molecule has 1 fully saturated rings. The Balaban J connectivity index is 1.70. The van der Waals surface area contributed by atoms with E-state index >= 15 is 0 Å². The molecule has 0 radical (unpaired) electrons. The maximum atomic E-state index is 5.47. The van der Waals surface area contributed by atoms with Gasteiger partial charge in [-0.15, -0.1) is 0 Å². The molecule has 3 heterocycles. The lowest BCUT2D eigenvalue weighted by molar-refractivity contribution is 0.0891. The highest BCUT2D eigenvalue weighted by Gasteiger charge is 2.20. The average Bonchev–Trinajstić information content (AvgIpc) is 3.03. The van der Waals surface area contributed by atoms with Gasteiger partial charge in [-0.2, -0.15) is 4.98 Å². The third-order valence-electron chi connectivity index (χ3n) is 4.09. The Morgan fingerprint density at radius 3 is 2.96 bits per heavy atom. The minimum absolute atomic E-state index is 0.291. The van der Waals surface area contributed by atoms with E-state index in [-0.39, 0.29) is 0 Å². The predicted octanol–water partition coefficient (Wildman–Crippen LogP) is 2.95. The van der Waals surface area contributed by atoms with Crippen molar-refractivity contribution in [2.24, 2.45) is 5.92 Å². The Bertz CT molecular complexity index is 624. The standard InChI is InChI=1S/C17H24N4O2/c1-12(2)9-15-19-17(23-20-15)13-6-7-16(18-10-13)21-8-4-5-14(11-21)22-3/h6-7,10,12,14H,4-5,8-9,11H2,1-3H3/t14-/m0/s1. The van der Waals surface area contributed by atoms with Crippen molar-refractivity contribution >= 4 is 5.82 Å². The molecular formula is C17H24N4O2. The van der Waals surface area contributed by atoms with Crippen molar-refractivity contribution in [1.29, 1.82) is 0 Å². The number of methoxy groups -OCH3 is 1. The minimum Gasteiger partial charge on any atom is -0.380 e. The Labute approximate surface area is 136 Å². The molecule has 1 saturated heterocycles. The van der Waals surface area contributed by atoms with Crippen molar-refractivity contribution in [3.05, 3.63) is 24.2 Å². The average molecular weight is 316 g/mol. The molecule has 0 bridgehead atoms. The van der Waals surface area contributed by atoms with Gasteiger partial charge in [0, 0.05) is 32.8 Å². The molecule has 0 spiro atoms. The largest absolute Gasteiger partial charge is 0.380 e. The highest BCUT2D eigenvalue weighted by atomic mass is 16.5. The summed E-state index contributed by atoms with van der Waals surface area (Å²) in [5, 5.41) is 4.03. The molecule has 3 rings (SSSR count). The summed E-state index contributed by atoms with van der Waals surface area (Å²) < 4.78 is 10.8. The van der Waals surface area contributed by atoms with Gasteiger partial charge in [0.2, 0.25) is 0 Å². The second-order valence-electron chi connectivity index (χ2n) is 6.46. The summed E-state index contributed by atoms with van der Waals surface area (Å²) in [6, 6.07) is 4.01. The van der Waals surface area contributed by atoms with E-state index in [1.807, 2.05) is 12.1 Å². The Morgan fingerprint density at radius 2 is 2.26 bits per heavy atom. The van der Waals surface area contributed by atoms with Crippen LogP contribution in [0.2, 0.25) is 0 Å². The van der Waals surface area contributed by atoms with E-state index in [4.69, 9.17) is 9.26 Å². The Hall–Kier alpha value is -1.95. The van der Waals surface area contributed by atoms with Crippen LogP contribution in [0, 0.1) is 5.92 Å². The number of aromatic nitrogens is 3. The maximum Gasteiger partial charge on any atom is 0.259 e. The lowest BCUT2D eigenvalue weighted by Gasteiger charge is -2.32. The van der Waals surface area contributed by atoms with Gasteiger partial charge in [-0.25, -0.2) is 4.98 Å². The maximum absolute atomic E-state index is 5.47. The van der Waals surface area contributed by atoms with Crippen LogP contribution in [-0.2, 0) is 11.2 Å². The van der Waals surface area contributed by atoms with Crippen LogP contribution in [0.1, 0.15) is 32.5 Å². The highest BCUT2D eigenvalue weighted by molar-refractivity contribution is 5.54. The zero-order valence-electron chi connectivity index (χ0n) is 14.0. The van der Waals surface area contributed by atoms with Gasteiger partial charge >= 0.3 is 0 Å². The summed E-state index contributed by atoms with van der Waals surface area (Å²) in [6.45, 7) is 6.18. The fourth-order valence-corrected chi connectivity index (χ4v) is 2.86. The molecule has 0 unspecified atom stereocenters. The van der Waals surface area contributed by atoms with Crippen molar-refractivity contribution in [3.8, 4) is 11.5 Å². The smallest absolute Gasteiger partial charge is 0.259 e. The SMILES string of the molecule is CO[C@H]1CCCN(c2ccc(-c3nc(CC(C)C)no3)cn2)C1. The second kappa shape index (κ2) is 7.08. The number of nitrogens with zero attached hydrogens (tertiary/aromatic N) is 4. The van der Waals surface area contributed by atoms with Gasteiger partial charge in [-0.05, 0) is 30.9 Å². The van der Waals surface area contributed by atoms with Crippen molar-refractivity contribution in [3.63, 3.8) is 0 Å². The molecule has 0 aromatic carbocycles. The molecule has 1 aliphatic rings. The number of piperidine rings is 1. The number of ether oxygens (including phenoxy) is 1. The lowest BCUT2D eigenvalue weighted by Crippen LogP contribution is -2.39. The number of pyridine rings is 1. The first-order chi connectivity index (χ1) is 11.2. The molecule has 2 aromatic rings. The monoisotopic (exact) mass is 316 g/mol. The minimum atomic E-state index is 0.291. The topological polar surface area (TPSA) is 64.3 Å². The Kier molecular flexibility index (Phi) is 4.91. The normalized spacial score (nSPS) is 18.6. The van der Waals surface area contributed by atoms with E-state index in [0.717, 1.165) is 49.6 Å². The van der Waals surface area contributed by atoms with Gasteiger partial charge in [0.05, 0.1) is 11.7 Å². The van der Waals surface area contributed by atoms with E-state index in [9.17, 15) is 0 Å². The molecular weight excluding hydrogens is 292 g/mol. The first kappa shape index (κ1) is 15.9. The molecule has 0 aliphatic carbocycles. The summed E-state index contributed by atoms with van der Waals surface area (Å²) in [4.78, 5) is 11.3. The van der Waals surface area contributed by atoms with Crippen LogP contribution in [0.4, 0.5) is 5.82 Å². The number of anilines is 1. The Morgan fingerprint density at radius 1 is 1.39 bits per heavy atom. The van der Waals surface area contributed by atoms with Gasteiger partial charge in [0.15, 0.2) is 5.82 Å². The molecule has 23 heavy (non-hydrogen) atoms. The fourth-order valence-electron chi connectivity index (χ4n) is 2.86. The van der Waals surface area contributed by atoms with Gasteiger partial charge in [0.1, 0.15) is 5.82 Å². The van der Waals surface area contributed by atoms with Gasteiger partial charge in [0.25, 0.3) is 5.89 Å². The van der Waals surface area contributed by atoms with Crippen LogP contribution in [0.25, 0.3) is 11.5 Å². The van der Waals surface area contributed by atoms with Crippen LogP contribution < -0.4 is 4.90 Å². The van der Waals surface area contributed by atoms with E-state index < -0.39 is 0 Å². The molecule has 2 aromatic heterocycles. The first-order valence-electron chi connectivity index (χ1n) is 8.22. The zero-order valence-corrected chi connectivity index (χ0v) is 14.0. The van der Waals surface area contributed by atoms with Crippen molar-refractivity contribution in [2.75, 3.05) is 25.1 Å². The first-order valence-corrected chi connectivity index (χ1v) is 8.22. The number of hydrogen-bond acceptors (Lipinski definition) is 6. The van der Waals surface area contributed by atoms with Crippen LogP contribution in [-0.4, -0.2) is 41.4 Å². The molecule has 124 valence electrons. The summed E-state index contributed by atoms with van der Waals surface area (Å²) >= 11 is 0. The number of rotatable bonds is 5. The van der Waals surface area contributed by atoms with Crippen molar-refractivity contribution in [2.45, 2.75) is 39.2 Å². The molecule has 0 amide bonds. The van der Waals surface area contributed by atoms with Crippen LogP contribution in [0.3, 0.4) is 0 Å². The quantitative estimate of drug-likeness (QED) is 0.845. The predicted molar refractivity (Wildman–Crippen MR) is 88.3 cm³/mol. The number of hydrogen-bond donors (Lipinski definition) is 0. The lowest BCUT2D eigenvalue weighted by atomic mass is 10.1. The fraction of sp³-hybridized carbons (Fsp3) is 0.588. The molecule has 0 N–H and O–H groups in total. The summed E-state index contributed by atoms with van der Waals surface area (Å²) in [5.41, 5.74) is 0.858. The van der Waals surface area contributed by atoms with E-state index in [0.29, 0.717) is 17.9 Å². The third kappa shape index (κ3) is 3.88. The summed E-state index contributed by atoms with van der Waals surface area (Å²) in [7, 11) is 1.77. The molecule has 6 nitrogen and oxygen atoms in total. The molecule has 1 aliphatic heterocycles. The molecule has 0 saturated carbocycles. The van der Waals surface area contributed by atoms with Gasteiger partial charge < -0.3 is 14.2 Å². The molecule has 1 atom stereocenters.